The zero-order chi connectivity index (χ0) is 11.9. The predicted molar refractivity (Wildman–Crippen MR) is 67.9 cm³/mol. The van der Waals surface area contributed by atoms with E-state index in [0.717, 1.165) is 42.4 Å². The van der Waals surface area contributed by atoms with Gasteiger partial charge >= 0.3 is 0 Å². The van der Waals surface area contributed by atoms with Gasteiger partial charge in [-0.25, -0.2) is 4.39 Å². The van der Waals surface area contributed by atoms with Crippen LogP contribution in [0.5, 0.6) is 0 Å². The van der Waals surface area contributed by atoms with E-state index in [1.165, 1.54) is 0 Å². The predicted octanol–water partition coefficient (Wildman–Crippen LogP) is 3.93. The van der Waals surface area contributed by atoms with Gasteiger partial charge in [-0.15, -0.1) is 0 Å². The van der Waals surface area contributed by atoms with Gasteiger partial charge in [0.1, 0.15) is 5.82 Å². The van der Waals surface area contributed by atoms with Crippen LogP contribution in [-0.2, 0) is 5.54 Å². The Balaban J connectivity index is 2.63. The molecule has 0 atom stereocenters. The monoisotopic (exact) mass is 285 g/mol. The summed E-state index contributed by atoms with van der Waals surface area (Å²) in [5.41, 5.74) is 8.72. The third-order valence-corrected chi connectivity index (χ3v) is 4.31. The molecule has 0 heterocycles. The maximum atomic E-state index is 14.2. The molecule has 1 saturated carbocycles. The molecule has 0 saturated heterocycles. The minimum atomic E-state index is -0.456. The maximum absolute atomic E-state index is 14.2. The van der Waals surface area contributed by atoms with Gasteiger partial charge in [0.15, 0.2) is 0 Å². The van der Waals surface area contributed by atoms with Crippen LogP contribution in [-0.4, -0.2) is 0 Å². The van der Waals surface area contributed by atoms with Gasteiger partial charge in [-0.3, -0.25) is 0 Å². The number of hydrogen-bond acceptors (Lipinski definition) is 1. The van der Waals surface area contributed by atoms with Gasteiger partial charge in [0.25, 0.3) is 0 Å². The highest BCUT2D eigenvalue weighted by atomic mass is 79.9. The molecule has 0 unspecified atom stereocenters. The highest BCUT2D eigenvalue weighted by molar-refractivity contribution is 9.10. The van der Waals surface area contributed by atoms with E-state index in [-0.39, 0.29) is 5.82 Å². The molecule has 88 valence electrons. The van der Waals surface area contributed by atoms with Crippen LogP contribution < -0.4 is 5.73 Å². The molecule has 1 aliphatic rings. The summed E-state index contributed by atoms with van der Waals surface area (Å²) in [6.07, 6.45) is 3.98. The first-order valence-corrected chi connectivity index (χ1v) is 6.49. The largest absolute Gasteiger partial charge is 0.321 e. The number of rotatable bonds is 1. The van der Waals surface area contributed by atoms with E-state index in [4.69, 9.17) is 5.73 Å². The van der Waals surface area contributed by atoms with Crippen molar-refractivity contribution in [3.8, 4) is 0 Å². The van der Waals surface area contributed by atoms with Gasteiger partial charge in [0, 0.05) is 11.1 Å². The summed E-state index contributed by atoms with van der Waals surface area (Å²) in [6.45, 7) is 3.97. The SMILES string of the molecule is Cc1cc(Br)c(F)c(C2(N)CCCC2)c1C. The summed E-state index contributed by atoms with van der Waals surface area (Å²) in [4.78, 5) is 0. The number of benzene rings is 1. The van der Waals surface area contributed by atoms with Crippen LogP contribution in [0.1, 0.15) is 42.4 Å². The molecule has 2 N–H and O–H groups in total. The van der Waals surface area contributed by atoms with Crippen molar-refractivity contribution in [2.75, 3.05) is 0 Å². The van der Waals surface area contributed by atoms with Crippen LogP contribution in [0.15, 0.2) is 10.5 Å². The van der Waals surface area contributed by atoms with E-state index >= 15 is 0 Å². The molecule has 0 aromatic heterocycles. The van der Waals surface area contributed by atoms with Crippen molar-refractivity contribution in [1.29, 1.82) is 0 Å². The molecule has 1 fully saturated rings. The van der Waals surface area contributed by atoms with Gasteiger partial charge in [-0.05, 0) is 59.8 Å². The fourth-order valence-corrected chi connectivity index (χ4v) is 3.23. The third-order valence-electron chi connectivity index (χ3n) is 3.73. The Morgan fingerprint density at radius 1 is 1.31 bits per heavy atom. The second kappa shape index (κ2) is 4.11. The number of aryl methyl sites for hydroxylation is 1. The van der Waals surface area contributed by atoms with Crippen molar-refractivity contribution in [3.05, 3.63) is 33.0 Å². The van der Waals surface area contributed by atoms with Gasteiger partial charge in [-0.2, -0.15) is 0 Å². The van der Waals surface area contributed by atoms with Gasteiger partial charge in [-0.1, -0.05) is 12.8 Å². The van der Waals surface area contributed by atoms with Crippen molar-refractivity contribution >= 4 is 15.9 Å². The van der Waals surface area contributed by atoms with Crippen molar-refractivity contribution < 1.29 is 4.39 Å². The Hall–Kier alpha value is -0.410. The highest BCUT2D eigenvalue weighted by Crippen LogP contribution is 2.41. The molecule has 1 aromatic rings. The average Bonchev–Trinajstić information content (AvgIpc) is 2.63. The molecule has 0 aliphatic heterocycles. The molecule has 0 spiro atoms. The van der Waals surface area contributed by atoms with Crippen LogP contribution in [0.3, 0.4) is 0 Å². The van der Waals surface area contributed by atoms with Crippen molar-refractivity contribution in [3.63, 3.8) is 0 Å². The maximum Gasteiger partial charge on any atom is 0.142 e. The Morgan fingerprint density at radius 2 is 1.88 bits per heavy atom. The minimum Gasteiger partial charge on any atom is -0.321 e. The van der Waals surface area contributed by atoms with Crippen molar-refractivity contribution in [1.82, 2.24) is 0 Å². The summed E-state index contributed by atoms with van der Waals surface area (Å²) < 4.78 is 14.7. The van der Waals surface area contributed by atoms with Gasteiger partial charge in [0.2, 0.25) is 0 Å². The number of nitrogens with two attached hydrogens (primary N) is 1. The molecule has 3 heteroatoms. The van der Waals surface area contributed by atoms with Crippen LogP contribution in [0.4, 0.5) is 4.39 Å². The summed E-state index contributed by atoms with van der Waals surface area (Å²) in [6, 6.07) is 1.83. The second-order valence-electron chi connectivity index (χ2n) is 4.85. The molecule has 0 radical (unpaired) electrons. The Morgan fingerprint density at radius 3 is 2.44 bits per heavy atom. The van der Waals surface area contributed by atoms with E-state index in [9.17, 15) is 4.39 Å². The van der Waals surface area contributed by atoms with Crippen LogP contribution in [0.2, 0.25) is 0 Å². The lowest BCUT2D eigenvalue weighted by Crippen LogP contribution is -2.35. The molecular weight excluding hydrogens is 269 g/mol. The fraction of sp³-hybridized carbons (Fsp3) is 0.538. The van der Waals surface area contributed by atoms with E-state index < -0.39 is 5.54 Å². The van der Waals surface area contributed by atoms with Crippen molar-refractivity contribution in [2.45, 2.75) is 45.1 Å². The molecule has 16 heavy (non-hydrogen) atoms. The smallest absolute Gasteiger partial charge is 0.142 e. The summed E-state index contributed by atoms with van der Waals surface area (Å²) in [5, 5.41) is 0. The van der Waals surface area contributed by atoms with Crippen LogP contribution in [0.25, 0.3) is 0 Å². The first-order valence-electron chi connectivity index (χ1n) is 5.70. The molecule has 2 rings (SSSR count). The zero-order valence-corrected chi connectivity index (χ0v) is 11.3. The molecular formula is C13H17BrFN. The van der Waals surface area contributed by atoms with Crippen LogP contribution >= 0.6 is 15.9 Å². The first-order chi connectivity index (χ1) is 7.46. The average molecular weight is 286 g/mol. The summed E-state index contributed by atoms with van der Waals surface area (Å²) in [5.74, 6) is -0.174. The van der Waals surface area contributed by atoms with Gasteiger partial charge in [0.05, 0.1) is 4.47 Å². The molecule has 1 nitrogen and oxygen atoms in total. The standard InChI is InChI=1S/C13H17BrFN/c1-8-7-10(14)12(15)11(9(8)2)13(16)5-3-4-6-13/h7H,3-6,16H2,1-2H3. The van der Waals surface area contributed by atoms with E-state index in [1.54, 1.807) is 0 Å². The van der Waals surface area contributed by atoms with Crippen LogP contribution in [0, 0.1) is 19.7 Å². The highest BCUT2D eigenvalue weighted by Gasteiger charge is 2.35. The quantitative estimate of drug-likeness (QED) is 0.831. The lowest BCUT2D eigenvalue weighted by atomic mass is 9.84. The lowest BCUT2D eigenvalue weighted by molar-refractivity contribution is 0.428. The lowest BCUT2D eigenvalue weighted by Gasteiger charge is -2.28. The molecule has 1 aromatic carbocycles. The number of hydrogen-bond donors (Lipinski definition) is 1. The second-order valence-corrected chi connectivity index (χ2v) is 5.71. The molecule has 0 bridgehead atoms. The zero-order valence-electron chi connectivity index (χ0n) is 9.74. The van der Waals surface area contributed by atoms with E-state index in [0.29, 0.717) is 4.47 Å². The Labute approximate surface area is 104 Å². The Kier molecular flexibility index (Phi) is 3.10. The third kappa shape index (κ3) is 1.80. The Bertz CT molecular complexity index is 396. The van der Waals surface area contributed by atoms with Gasteiger partial charge < -0.3 is 5.73 Å². The molecule has 0 amide bonds. The summed E-state index contributed by atoms with van der Waals surface area (Å²) >= 11 is 3.27. The first kappa shape index (κ1) is 12.1. The normalized spacial score (nSPS) is 19.1. The van der Waals surface area contributed by atoms with E-state index in [2.05, 4.69) is 15.9 Å². The number of halogens is 2. The fourth-order valence-electron chi connectivity index (χ4n) is 2.69. The molecule has 1 aliphatic carbocycles. The summed E-state index contributed by atoms with van der Waals surface area (Å²) in [7, 11) is 0. The van der Waals surface area contributed by atoms with Crippen molar-refractivity contribution in [2.24, 2.45) is 5.73 Å². The van der Waals surface area contributed by atoms with E-state index in [1.807, 2.05) is 19.9 Å². The topological polar surface area (TPSA) is 26.0 Å². The minimum absolute atomic E-state index is 0.174.